The Labute approximate surface area is 145 Å². The highest BCUT2D eigenvalue weighted by Gasteiger charge is 2.08. The second-order valence-electron chi connectivity index (χ2n) is 5.71. The Balaban J connectivity index is 1.68. The van der Waals surface area contributed by atoms with Crippen LogP contribution in [0, 0.1) is 0 Å². The summed E-state index contributed by atoms with van der Waals surface area (Å²) in [6.07, 6.45) is 0.778. The van der Waals surface area contributed by atoms with Crippen LogP contribution in [0.3, 0.4) is 0 Å². The Bertz CT molecular complexity index is 907. The third-order valence-electron chi connectivity index (χ3n) is 4.01. The Morgan fingerprint density at radius 3 is 2.00 bits per heavy atom. The Kier molecular flexibility index (Phi) is 5.06. The Morgan fingerprint density at radius 1 is 0.800 bits per heavy atom. The zero-order valence-electron chi connectivity index (χ0n) is 13.5. The topological polar surface area (TPSA) is 78.4 Å². The van der Waals surface area contributed by atoms with E-state index >= 15 is 0 Å². The van der Waals surface area contributed by atoms with Gasteiger partial charge in [0.15, 0.2) is 0 Å². The van der Waals surface area contributed by atoms with Gasteiger partial charge in [0.05, 0.1) is 0 Å². The van der Waals surface area contributed by atoms with Gasteiger partial charge in [-0.15, -0.1) is 0 Å². The summed E-state index contributed by atoms with van der Waals surface area (Å²) in [6, 6.07) is 20.3. The Hall–Kier alpha value is -3.18. The highest BCUT2D eigenvalue weighted by Crippen LogP contribution is 2.18. The number of hydroxylamine groups is 1. The predicted octanol–water partition coefficient (Wildman–Crippen LogP) is 2.93. The number of carbonyl (C=O) groups is 2. The van der Waals surface area contributed by atoms with Crippen molar-refractivity contribution in [3.8, 4) is 0 Å². The summed E-state index contributed by atoms with van der Waals surface area (Å²) in [5, 5.41) is 13.3. The third kappa shape index (κ3) is 4.02. The average molecular weight is 334 g/mol. The van der Waals surface area contributed by atoms with Crippen molar-refractivity contribution in [2.75, 3.05) is 6.54 Å². The van der Waals surface area contributed by atoms with E-state index in [1.165, 1.54) is 5.56 Å². The van der Waals surface area contributed by atoms with E-state index in [1.807, 2.05) is 30.3 Å². The second-order valence-corrected chi connectivity index (χ2v) is 5.71. The normalized spacial score (nSPS) is 10.4. The molecule has 0 aromatic heterocycles. The van der Waals surface area contributed by atoms with Gasteiger partial charge in [-0.1, -0.05) is 42.5 Å². The molecule has 0 bridgehead atoms. The maximum atomic E-state index is 12.3. The first kappa shape index (κ1) is 16.7. The van der Waals surface area contributed by atoms with Crippen molar-refractivity contribution in [3.05, 3.63) is 83.4 Å². The minimum absolute atomic E-state index is 0.130. The molecule has 0 fully saturated rings. The van der Waals surface area contributed by atoms with Crippen LogP contribution in [0.15, 0.2) is 66.7 Å². The molecule has 0 radical (unpaired) electrons. The van der Waals surface area contributed by atoms with Crippen molar-refractivity contribution in [1.82, 2.24) is 10.8 Å². The quantitative estimate of drug-likeness (QED) is 0.496. The monoisotopic (exact) mass is 334 g/mol. The zero-order valence-corrected chi connectivity index (χ0v) is 13.5. The van der Waals surface area contributed by atoms with Crippen molar-refractivity contribution in [1.29, 1.82) is 0 Å². The highest BCUT2D eigenvalue weighted by molar-refractivity contribution is 6.01. The summed E-state index contributed by atoms with van der Waals surface area (Å²) in [7, 11) is 0. The fourth-order valence-electron chi connectivity index (χ4n) is 2.66. The first-order valence-electron chi connectivity index (χ1n) is 7.98. The lowest BCUT2D eigenvalue weighted by Crippen LogP contribution is -2.25. The van der Waals surface area contributed by atoms with Gasteiger partial charge in [-0.2, -0.15) is 0 Å². The number of benzene rings is 3. The maximum Gasteiger partial charge on any atom is 0.274 e. The van der Waals surface area contributed by atoms with E-state index in [9.17, 15) is 9.59 Å². The van der Waals surface area contributed by atoms with E-state index in [1.54, 1.807) is 41.9 Å². The van der Waals surface area contributed by atoms with Crippen LogP contribution in [0.5, 0.6) is 0 Å². The van der Waals surface area contributed by atoms with Gasteiger partial charge in [0.25, 0.3) is 11.8 Å². The molecule has 0 atom stereocenters. The van der Waals surface area contributed by atoms with E-state index < -0.39 is 5.91 Å². The fourth-order valence-corrected chi connectivity index (χ4v) is 2.66. The van der Waals surface area contributed by atoms with Crippen molar-refractivity contribution in [2.24, 2.45) is 0 Å². The van der Waals surface area contributed by atoms with E-state index in [2.05, 4.69) is 5.32 Å². The molecule has 3 N–H and O–H groups in total. The van der Waals surface area contributed by atoms with Crippen LogP contribution in [0.4, 0.5) is 0 Å². The predicted molar refractivity (Wildman–Crippen MR) is 95.7 cm³/mol. The average Bonchev–Trinajstić information content (AvgIpc) is 2.67. The summed E-state index contributed by atoms with van der Waals surface area (Å²) in [5.74, 6) is -0.695. The van der Waals surface area contributed by atoms with Crippen molar-refractivity contribution >= 4 is 22.6 Å². The molecule has 3 aromatic rings. The molecule has 25 heavy (non-hydrogen) atoms. The molecule has 0 saturated carbocycles. The lowest BCUT2D eigenvalue weighted by molar-refractivity contribution is 0.0706. The van der Waals surface area contributed by atoms with E-state index in [0.29, 0.717) is 17.7 Å². The number of hydrogen-bond donors (Lipinski definition) is 3. The highest BCUT2D eigenvalue weighted by atomic mass is 16.5. The van der Waals surface area contributed by atoms with E-state index in [-0.39, 0.29) is 5.91 Å². The molecule has 0 aliphatic heterocycles. The maximum absolute atomic E-state index is 12.3. The summed E-state index contributed by atoms with van der Waals surface area (Å²) >= 11 is 0. The SMILES string of the molecule is O=C(NO)c1ccc2cc(C(=O)NCCc3ccccc3)ccc2c1. The van der Waals surface area contributed by atoms with Crippen LogP contribution >= 0.6 is 0 Å². The number of carbonyl (C=O) groups excluding carboxylic acids is 2. The molecule has 126 valence electrons. The molecular formula is C20H18N2O3. The van der Waals surface area contributed by atoms with Gasteiger partial charge in [0, 0.05) is 17.7 Å². The molecule has 3 aromatic carbocycles. The molecule has 5 heteroatoms. The standard InChI is InChI=1S/C20H18N2O3/c23-19(21-11-10-14-4-2-1-3-5-14)17-8-6-16-13-18(20(24)22-25)9-7-15(16)12-17/h1-9,12-13,25H,10-11H2,(H,21,23)(H,22,24). The van der Waals surface area contributed by atoms with Crippen LogP contribution in [0.1, 0.15) is 26.3 Å². The molecule has 0 unspecified atom stereocenters. The zero-order chi connectivity index (χ0) is 17.6. The van der Waals surface area contributed by atoms with Gasteiger partial charge in [-0.25, -0.2) is 5.48 Å². The summed E-state index contributed by atoms with van der Waals surface area (Å²) in [6.45, 7) is 0.566. The van der Waals surface area contributed by atoms with Gasteiger partial charge in [0.1, 0.15) is 0 Å². The first-order chi connectivity index (χ1) is 12.2. The van der Waals surface area contributed by atoms with Gasteiger partial charge >= 0.3 is 0 Å². The van der Waals surface area contributed by atoms with Crippen molar-refractivity contribution < 1.29 is 14.8 Å². The lowest BCUT2D eigenvalue weighted by atomic mass is 10.0. The number of hydrogen-bond acceptors (Lipinski definition) is 3. The van der Waals surface area contributed by atoms with Crippen LogP contribution in [0.25, 0.3) is 10.8 Å². The summed E-state index contributed by atoms with van der Waals surface area (Å²) in [4.78, 5) is 23.7. The minimum Gasteiger partial charge on any atom is -0.352 e. The van der Waals surface area contributed by atoms with Crippen LogP contribution < -0.4 is 10.8 Å². The number of fused-ring (bicyclic) bond motifs is 1. The largest absolute Gasteiger partial charge is 0.352 e. The van der Waals surface area contributed by atoms with Crippen LogP contribution in [-0.2, 0) is 6.42 Å². The molecule has 0 heterocycles. The fraction of sp³-hybridized carbons (Fsp3) is 0.100. The smallest absolute Gasteiger partial charge is 0.274 e. The van der Waals surface area contributed by atoms with E-state index in [0.717, 1.165) is 17.2 Å². The van der Waals surface area contributed by atoms with Crippen molar-refractivity contribution in [2.45, 2.75) is 6.42 Å². The second kappa shape index (κ2) is 7.59. The number of rotatable bonds is 5. The number of nitrogens with one attached hydrogen (secondary N) is 2. The summed E-state index contributed by atoms with van der Waals surface area (Å²) in [5.41, 5.74) is 3.71. The van der Waals surface area contributed by atoms with Crippen LogP contribution in [-0.4, -0.2) is 23.6 Å². The molecule has 0 saturated heterocycles. The first-order valence-corrected chi connectivity index (χ1v) is 7.98. The van der Waals surface area contributed by atoms with Gasteiger partial charge in [0.2, 0.25) is 0 Å². The lowest BCUT2D eigenvalue weighted by Gasteiger charge is -2.07. The molecule has 0 spiro atoms. The molecule has 0 aliphatic carbocycles. The molecule has 5 nitrogen and oxygen atoms in total. The summed E-state index contributed by atoms with van der Waals surface area (Å²) < 4.78 is 0. The van der Waals surface area contributed by atoms with E-state index in [4.69, 9.17) is 5.21 Å². The number of amides is 2. The molecular weight excluding hydrogens is 316 g/mol. The van der Waals surface area contributed by atoms with Gasteiger partial charge in [-0.05, 0) is 47.0 Å². The molecule has 0 aliphatic rings. The van der Waals surface area contributed by atoms with Crippen molar-refractivity contribution in [3.63, 3.8) is 0 Å². The third-order valence-corrected chi connectivity index (χ3v) is 4.01. The minimum atomic E-state index is -0.565. The van der Waals surface area contributed by atoms with Gasteiger partial charge < -0.3 is 5.32 Å². The molecule has 3 rings (SSSR count). The van der Waals surface area contributed by atoms with Crippen LogP contribution in [0.2, 0.25) is 0 Å². The van der Waals surface area contributed by atoms with Gasteiger partial charge in [-0.3, -0.25) is 14.8 Å². The Morgan fingerprint density at radius 2 is 1.40 bits per heavy atom. The molecule has 2 amide bonds.